The van der Waals surface area contributed by atoms with Crippen molar-refractivity contribution in [1.29, 1.82) is 0 Å². The number of halogens is 4. The van der Waals surface area contributed by atoms with Crippen LogP contribution in [0, 0.1) is 12.7 Å². The smallest absolute Gasteiger partial charge is 0.372 e. The van der Waals surface area contributed by atoms with Gasteiger partial charge < -0.3 is 10.1 Å². The average molecular weight is 293 g/mol. The van der Waals surface area contributed by atoms with Gasteiger partial charge in [0.15, 0.2) is 0 Å². The van der Waals surface area contributed by atoms with Crippen LogP contribution in [0.2, 0.25) is 0 Å². The van der Waals surface area contributed by atoms with Gasteiger partial charge in [-0.25, -0.2) is 4.39 Å². The Morgan fingerprint density at radius 1 is 1.20 bits per heavy atom. The van der Waals surface area contributed by atoms with Crippen LogP contribution in [-0.2, 0) is 11.2 Å². The second kappa shape index (κ2) is 8.21. The first-order chi connectivity index (χ1) is 9.38. The van der Waals surface area contributed by atoms with Crippen LogP contribution in [-0.4, -0.2) is 32.5 Å². The second-order valence-electron chi connectivity index (χ2n) is 4.59. The molecule has 0 saturated carbocycles. The number of ether oxygens (including phenoxy) is 1. The summed E-state index contributed by atoms with van der Waals surface area (Å²) in [4.78, 5) is 0. The molecule has 1 aromatic carbocycles. The van der Waals surface area contributed by atoms with E-state index in [0.29, 0.717) is 19.5 Å². The van der Waals surface area contributed by atoms with Crippen molar-refractivity contribution in [1.82, 2.24) is 5.32 Å². The molecule has 0 aromatic heterocycles. The summed E-state index contributed by atoms with van der Waals surface area (Å²) in [6.07, 6.45) is -2.97. The zero-order valence-corrected chi connectivity index (χ0v) is 11.4. The Morgan fingerprint density at radius 3 is 2.60 bits per heavy atom. The number of hydrogen-bond acceptors (Lipinski definition) is 2. The van der Waals surface area contributed by atoms with Crippen LogP contribution in [0.4, 0.5) is 17.6 Å². The summed E-state index contributed by atoms with van der Waals surface area (Å²) in [6.45, 7) is 2.04. The van der Waals surface area contributed by atoms with Crippen LogP contribution in [0.1, 0.15) is 17.5 Å². The van der Waals surface area contributed by atoms with E-state index < -0.39 is 12.8 Å². The normalized spacial score (nSPS) is 11.8. The molecule has 1 rings (SSSR count). The molecule has 0 spiro atoms. The first kappa shape index (κ1) is 16.9. The molecule has 0 aliphatic carbocycles. The highest BCUT2D eigenvalue weighted by Gasteiger charge is 2.27. The molecular weight excluding hydrogens is 274 g/mol. The molecule has 6 heteroatoms. The number of rotatable bonds is 8. The van der Waals surface area contributed by atoms with E-state index in [1.54, 1.807) is 6.07 Å². The Kier molecular flexibility index (Phi) is 6.95. The van der Waals surface area contributed by atoms with Crippen LogP contribution in [0.15, 0.2) is 18.2 Å². The third-order valence-electron chi connectivity index (χ3n) is 2.78. The molecule has 0 aliphatic rings. The Balaban J connectivity index is 2.05. The predicted molar refractivity (Wildman–Crippen MR) is 69.2 cm³/mol. The summed E-state index contributed by atoms with van der Waals surface area (Å²) in [5.41, 5.74) is 1.97. The molecule has 0 aliphatic heterocycles. The molecule has 0 heterocycles. The van der Waals surface area contributed by atoms with Crippen LogP contribution < -0.4 is 5.32 Å². The first-order valence-electron chi connectivity index (χ1n) is 6.49. The number of aryl methyl sites for hydroxylation is 1. The van der Waals surface area contributed by atoms with Crippen molar-refractivity contribution in [2.45, 2.75) is 25.9 Å². The van der Waals surface area contributed by atoms with Crippen molar-refractivity contribution in [2.24, 2.45) is 0 Å². The van der Waals surface area contributed by atoms with E-state index in [1.807, 2.05) is 6.92 Å². The molecule has 0 saturated heterocycles. The van der Waals surface area contributed by atoms with Gasteiger partial charge in [0.2, 0.25) is 0 Å². The Hall–Kier alpha value is -1.14. The SMILES string of the molecule is Cc1cc(F)ccc1CCNCCCOCC(F)(F)F. The summed E-state index contributed by atoms with van der Waals surface area (Å²) in [6, 6.07) is 4.66. The fourth-order valence-electron chi connectivity index (χ4n) is 1.77. The van der Waals surface area contributed by atoms with Crippen molar-refractivity contribution in [3.63, 3.8) is 0 Å². The molecule has 0 bridgehead atoms. The van der Waals surface area contributed by atoms with E-state index >= 15 is 0 Å². The molecule has 1 N–H and O–H groups in total. The molecule has 0 amide bonds. The van der Waals surface area contributed by atoms with Gasteiger partial charge in [0.05, 0.1) is 0 Å². The largest absolute Gasteiger partial charge is 0.411 e. The number of hydrogen-bond donors (Lipinski definition) is 1. The fraction of sp³-hybridized carbons (Fsp3) is 0.571. The van der Waals surface area contributed by atoms with Crippen LogP contribution in [0.3, 0.4) is 0 Å². The number of nitrogens with one attached hydrogen (secondary N) is 1. The van der Waals surface area contributed by atoms with Gasteiger partial charge in [-0.05, 0) is 56.1 Å². The molecule has 0 radical (unpaired) electrons. The highest BCUT2D eigenvalue weighted by molar-refractivity contribution is 5.26. The van der Waals surface area contributed by atoms with Gasteiger partial charge in [-0.15, -0.1) is 0 Å². The molecule has 1 aromatic rings. The summed E-state index contributed by atoms with van der Waals surface area (Å²) in [5, 5.41) is 3.12. The lowest BCUT2D eigenvalue weighted by atomic mass is 10.1. The van der Waals surface area contributed by atoms with Crippen molar-refractivity contribution in [3.8, 4) is 0 Å². The molecule has 20 heavy (non-hydrogen) atoms. The number of alkyl halides is 3. The van der Waals surface area contributed by atoms with Gasteiger partial charge >= 0.3 is 6.18 Å². The molecule has 0 atom stereocenters. The van der Waals surface area contributed by atoms with Crippen LogP contribution in [0.5, 0.6) is 0 Å². The number of benzene rings is 1. The minimum absolute atomic E-state index is 0.0854. The second-order valence-corrected chi connectivity index (χ2v) is 4.59. The summed E-state index contributed by atoms with van der Waals surface area (Å²) in [5.74, 6) is -0.249. The van der Waals surface area contributed by atoms with Gasteiger partial charge in [-0.3, -0.25) is 0 Å². The Morgan fingerprint density at radius 2 is 1.95 bits per heavy atom. The quantitative estimate of drug-likeness (QED) is 0.587. The lowest BCUT2D eigenvalue weighted by molar-refractivity contribution is -0.173. The standard InChI is InChI=1S/C14H19F4NO/c1-11-9-13(15)4-3-12(11)5-7-19-6-2-8-20-10-14(16,17)18/h3-4,9,19H,2,5-8,10H2,1H3. The monoisotopic (exact) mass is 293 g/mol. The lowest BCUT2D eigenvalue weighted by Gasteiger charge is -2.09. The maximum absolute atomic E-state index is 12.9. The zero-order chi connectivity index (χ0) is 15.0. The maximum Gasteiger partial charge on any atom is 0.411 e. The van der Waals surface area contributed by atoms with E-state index in [4.69, 9.17) is 0 Å². The predicted octanol–water partition coefficient (Wildman–Crippen LogP) is 3.24. The van der Waals surface area contributed by atoms with Crippen LogP contribution >= 0.6 is 0 Å². The third kappa shape index (κ3) is 7.45. The molecule has 0 unspecified atom stereocenters. The van der Waals surface area contributed by atoms with Crippen molar-refractivity contribution < 1.29 is 22.3 Å². The van der Waals surface area contributed by atoms with Gasteiger partial charge in [0.1, 0.15) is 12.4 Å². The molecule has 0 fully saturated rings. The Labute approximate surface area is 116 Å². The lowest BCUT2D eigenvalue weighted by Crippen LogP contribution is -2.22. The summed E-state index contributed by atoms with van der Waals surface area (Å²) < 4.78 is 52.7. The highest BCUT2D eigenvalue weighted by atomic mass is 19.4. The Bertz CT molecular complexity index is 407. The van der Waals surface area contributed by atoms with Crippen molar-refractivity contribution >= 4 is 0 Å². The van der Waals surface area contributed by atoms with E-state index in [-0.39, 0.29) is 12.4 Å². The van der Waals surface area contributed by atoms with Crippen LogP contribution in [0.25, 0.3) is 0 Å². The minimum atomic E-state index is -4.26. The van der Waals surface area contributed by atoms with E-state index in [9.17, 15) is 17.6 Å². The zero-order valence-electron chi connectivity index (χ0n) is 11.4. The molecular formula is C14H19F4NO. The first-order valence-corrected chi connectivity index (χ1v) is 6.49. The van der Waals surface area contributed by atoms with Gasteiger partial charge in [-0.1, -0.05) is 6.07 Å². The summed E-state index contributed by atoms with van der Waals surface area (Å²) in [7, 11) is 0. The average Bonchev–Trinajstić information content (AvgIpc) is 2.33. The molecule has 114 valence electrons. The van der Waals surface area contributed by atoms with Crippen molar-refractivity contribution in [3.05, 3.63) is 35.1 Å². The fourth-order valence-corrected chi connectivity index (χ4v) is 1.77. The topological polar surface area (TPSA) is 21.3 Å². The van der Waals surface area contributed by atoms with Gasteiger partial charge in [-0.2, -0.15) is 13.2 Å². The summed E-state index contributed by atoms with van der Waals surface area (Å²) >= 11 is 0. The highest BCUT2D eigenvalue weighted by Crippen LogP contribution is 2.14. The minimum Gasteiger partial charge on any atom is -0.372 e. The third-order valence-corrected chi connectivity index (χ3v) is 2.78. The molecule has 2 nitrogen and oxygen atoms in total. The van der Waals surface area contributed by atoms with Crippen molar-refractivity contribution in [2.75, 3.05) is 26.3 Å². The van der Waals surface area contributed by atoms with E-state index in [0.717, 1.165) is 17.5 Å². The van der Waals surface area contributed by atoms with E-state index in [1.165, 1.54) is 12.1 Å². The maximum atomic E-state index is 12.9. The van der Waals surface area contributed by atoms with Gasteiger partial charge in [0.25, 0.3) is 0 Å². The van der Waals surface area contributed by atoms with E-state index in [2.05, 4.69) is 10.1 Å². The van der Waals surface area contributed by atoms with Gasteiger partial charge in [0, 0.05) is 6.61 Å².